The van der Waals surface area contributed by atoms with Crippen LogP contribution in [0.5, 0.6) is 0 Å². The normalized spacial score (nSPS) is 14.2. The van der Waals surface area contributed by atoms with Gasteiger partial charge in [-0.05, 0) is 19.3 Å². The maximum absolute atomic E-state index is 11.7. The quantitative estimate of drug-likeness (QED) is 0.153. The minimum Gasteiger partial charge on any atom is -0.612 e. The van der Waals surface area contributed by atoms with Gasteiger partial charge < -0.3 is 5.21 Å². The summed E-state index contributed by atoms with van der Waals surface area (Å²) in [7, 11) is 0. The first kappa shape index (κ1) is 21.9. The fourth-order valence-electron chi connectivity index (χ4n) is 3.06. The first-order valence-electron chi connectivity index (χ1n) is 9.99. The summed E-state index contributed by atoms with van der Waals surface area (Å²) in [4.78, 5) is 0. The van der Waals surface area contributed by atoms with E-state index in [0.717, 1.165) is 12.8 Å². The number of nitrogens with zero attached hydrogens (tertiary/aromatic N) is 1. The lowest BCUT2D eigenvalue weighted by molar-refractivity contribution is -0.892. The predicted molar refractivity (Wildman–Crippen MR) is 98.2 cm³/mol. The molecule has 0 amide bonds. The van der Waals surface area contributed by atoms with Crippen LogP contribution in [-0.2, 0) is 0 Å². The topological polar surface area (TPSA) is 49.1 Å². The third kappa shape index (κ3) is 16.3. The van der Waals surface area contributed by atoms with E-state index in [-0.39, 0.29) is 0 Å². The van der Waals surface area contributed by atoms with E-state index in [1.165, 1.54) is 83.5 Å². The molecule has 0 radical (unpaired) electrons. The molecule has 0 aromatic rings. The zero-order valence-corrected chi connectivity index (χ0v) is 15.5. The summed E-state index contributed by atoms with van der Waals surface area (Å²) < 4.78 is -0.533. The van der Waals surface area contributed by atoms with Gasteiger partial charge in [0.05, 0.1) is 13.1 Å². The highest BCUT2D eigenvalue weighted by Crippen LogP contribution is 2.13. The molecule has 1 unspecified atom stereocenters. The van der Waals surface area contributed by atoms with Crippen LogP contribution in [-0.4, -0.2) is 17.8 Å². The van der Waals surface area contributed by atoms with Crippen LogP contribution < -0.4 is 5.84 Å². The first-order chi connectivity index (χ1) is 10.6. The van der Waals surface area contributed by atoms with Gasteiger partial charge in [-0.3, -0.25) is 4.76 Å². The van der Waals surface area contributed by atoms with Crippen molar-refractivity contribution < 1.29 is 4.76 Å². The van der Waals surface area contributed by atoms with E-state index in [1.54, 1.807) is 0 Å². The largest absolute Gasteiger partial charge is 0.612 e. The second-order valence-electron chi connectivity index (χ2n) is 7.00. The van der Waals surface area contributed by atoms with Crippen LogP contribution in [0.3, 0.4) is 0 Å². The number of nitrogens with two attached hydrogens (primary N) is 1. The molecule has 0 aliphatic rings. The first-order valence-corrected chi connectivity index (χ1v) is 9.99. The van der Waals surface area contributed by atoms with Gasteiger partial charge in [0, 0.05) is 0 Å². The molecule has 22 heavy (non-hydrogen) atoms. The van der Waals surface area contributed by atoms with E-state index in [9.17, 15) is 5.21 Å². The Morgan fingerprint density at radius 1 is 0.545 bits per heavy atom. The van der Waals surface area contributed by atoms with E-state index >= 15 is 0 Å². The number of quaternary nitrogens is 1. The Bertz CT molecular complexity index is 219. The molecule has 0 saturated heterocycles. The summed E-state index contributed by atoms with van der Waals surface area (Å²) in [5.41, 5.74) is 0. The second-order valence-corrected chi connectivity index (χ2v) is 7.00. The van der Waals surface area contributed by atoms with E-state index in [0.29, 0.717) is 13.1 Å². The standard InChI is InChI=1S/C19H42N2O/c1-3-5-6-7-8-9-10-11-12-13-14-15-16-17-19-21(20,22)18-4-2/h3-20H2,1-2H3. The Morgan fingerprint density at radius 3 is 1.27 bits per heavy atom. The zero-order valence-electron chi connectivity index (χ0n) is 15.5. The summed E-state index contributed by atoms with van der Waals surface area (Å²) in [6.45, 7) is 5.44. The lowest BCUT2D eigenvalue weighted by Crippen LogP contribution is -2.50. The maximum Gasteiger partial charge on any atom is 0.0958 e. The molecule has 0 aliphatic carbocycles. The molecule has 1 atom stereocenters. The molecule has 0 spiro atoms. The van der Waals surface area contributed by atoms with Crippen molar-refractivity contribution in [1.82, 2.24) is 0 Å². The Hall–Kier alpha value is -0.120. The van der Waals surface area contributed by atoms with Crippen LogP contribution in [0.15, 0.2) is 0 Å². The lowest BCUT2D eigenvalue weighted by atomic mass is 10.0. The maximum atomic E-state index is 11.7. The predicted octanol–water partition coefficient (Wildman–Crippen LogP) is 6.07. The number of unbranched alkanes of at least 4 members (excludes halogenated alkanes) is 13. The van der Waals surface area contributed by atoms with Crippen molar-refractivity contribution in [1.29, 1.82) is 0 Å². The van der Waals surface area contributed by atoms with Gasteiger partial charge in [0.15, 0.2) is 0 Å². The van der Waals surface area contributed by atoms with Gasteiger partial charge in [-0.1, -0.05) is 90.9 Å². The van der Waals surface area contributed by atoms with Gasteiger partial charge in [0.2, 0.25) is 0 Å². The average Bonchev–Trinajstić information content (AvgIpc) is 2.47. The minimum absolute atomic E-state index is 0.533. The molecule has 134 valence electrons. The fourth-order valence-corrected chi connectivity index (χ4v) is 3.06. The van der Waals surface area contributed by atoms with E-state index in [4.69, 9.17) is 5.84 Å². The van der Waals surface area contributed by atoms with Crippen molar-refractivity contribution in [2.45, 2.75) is 110 Å². The van der Waals surface area contributed by atoms with Gasteiger partial charge in [0.25, 0.3) is 0 Å². The van der Waals surface area contributed by atoms with Gasteiger partial charge in [-0.15, -0.1) is 0 Å². The molecule has 0 aromatic heterocycles. The molecule has 3 heteroatoms. The minimum atomic E-state index is -0.533. The van der Waals surface area contributed by atoms with Crippen molar-refractivity contribution in [2.24, 2.45) is 5.84 Å². The van der Waals surface area contributed by atoms with Crippen molar-refractivity contribution >= 4 is 0 Å². The summed E-state index contributed by atoms with van der Waals surface area (Å²) in [6.07, 6.45) is 19.7. The van der Waals surface area contributed by atoms with Crippen LogP contribution in [0.25, 0.3) is 0 Å². The van der Waals surface area contributed by atoms with Crippen LogP contribution in [0.1, 0.15) is 110 Å². The van der Waals surface area contributed by atoms with Crippen molar-refractivity contribution in [3.8, 4) is 0 Å². The van der Waals surface area contributed by atoms with E-state index < -0.39 is 4.76 Å². The monoisotopic (exact) mass is 314 g/mol. The summed E-state index contributed by atoms with van der Waals surface area (Å²) >= 11 is 0. The van der Waals surface area contributed by atoms with Gasteiger partial charge in [-0.2, -0.15) is 5.84 Å². The highest BCUT2D eigenvalue weighted by molar-refractivity contribution is 4.49. The van der Waals surface area contributed by atoms with Crippen LogP contribution in [0.2, 0.25) is 0 Å². The van der Waals surface area contributed by atoms with Crippen LogP contribution in [0, 0.1) is 5.21 Å². The molecular formula is C19H42N2O. The van der Waals surface area contributed by atoms with E-state index in [1.807, 2.05) is 6.92 Å². The highest BCUT2D eigenvalue weighted by atomic mass is 16.6. The van der Waals surface area contributed by atoms with Crippen LogP contribution >= 0.6 is 0 Å². The average molecular weight is 315 g/mol. The van der Waals surface area contributed by atoms with Gasteiger partial charge in [-0.25, -0.2) is 0 Å². The molecule has 0 aliphatic heterocycles. The van der Waals surface area contributed by atoms with Crippen molar-refractivity contribution in [3.63, 3.8) is 0 Å². The molecule has 0 fully saturated rings. The molecule has 3 nitrogen and oxygen atoms in total. The Labute approximate surface area is 139 Å². The molecule has 0 rings (SSSR count). The fraction of sp³-hybridized carbons (Fsp3) is 1.00. The van der Waals surface area contributed by atoms with Crippen molar-refractivity contribution in [3.05, 3.63) is 5.21 Å². The SMILES string of the molecule is CCCCCCCCCCCCCCCC[N+](N)([O-])CCC. The third-order valence-corrected chi connectivity index (χ3v) is 4.49. The highest BCUT2D eigenvalue weighted by Gasteiger charge is 2.08. The second kappa shape index (κ2) is 15.8. The van der Waals surface area contributed by atoms with E-state index in [2.05, 4.69) is 6.92 Å². The van der Waals surface area contributed by atoms with Gasteiger partial charge in [0.1, 0.15) is 0 Å². The number of hydrogen-bond acceptors (Lipinski definition) is 2. The summed E-state index contributed by atoms with van der Waals surface area (Å²) in [5.74, 6) is 5.66. The number of rotatable bonds is 17. The lowest BCUT2D eigenvalue weighted by Gasteiger charge is -2.36. The van der Waals surface area contributed by atoms with Crippen molar-refractivity contribution in [2.75, 3.05) is 13.1 Å². The Balaban J connectivity index is 3.11. The molecule has 2 N–H and O–H groups in total. The molecule has 0 bridgehead atoms. The summed E-state index contributed by atoms with van der Waals surface area (Å²) in [6, 6.07) is 0. The Morgan fingerprint density at radius 2 is 0.909 bits per heavy atom. The molecule has 0 saturated carbocycles. The molecule has 0 heterocycles. The third-order valence-electron chi connectivity index (χ3n) is 4.49. The smallest absolute Gasteiger partial charge is 0.0958 e. The number of hydrogen-bond donors (Lipinski definition) is 1. The Kier molecular flexibility index (Phi) is 15.7. The zero-order chi connectivity index (χ0) is 16.5. The molecular weight excluding hydrogens is 272 g/mol. The summed E-state index contributed by atoms with van der Waals surface area (Å²) in [5, 5.41) is 11.7. The van der Waals surface area contributed by atoms with Gasteiger partial charge >= 0.3 is 0 Å². The number of hydroxylamine groups is 2. The van der Waals surface area contributed by atoms with Crippen LogP contribution in [0.4, 0.5) is 0 Å². The molecule has 0 aromatic carbocycles.